The lowest BCUT2D eigenvalue weighted by atomic mass is 10.1. The number of hydrogen-bond donors (Lipinski definition) is 1. The van der Waals surface area contributed by atoms with Gasteiger partial charge in [-0.1, -0.05) is 6.07 Å². The fourth-order valence-corrected chi connectivity index (χ4v) is 3.32. The Morgan fingerprint density at radius 2 is 2.08 bits per heavy atom. The van der Waals surface area contributed by atoms with Crippen LogP contribution in [0.1, 0.15) is 29.8 Å². The number of likely N-dealkylation sites (tertiary alicyclic amines) is 1. The molecule has 5 nitrogen and oxygen atoms in total. The number of aromatic nitrogens is 1. The fraction of sp³-hybridized carbons (Fsp3) is 0.444. The molecule has 0 saturated carbocycles. The first-order valence-corrected chi connectivity index (χ1v) is 8.24. The third-order valence-corrected chi connectivity index (χ3v) is 4.76. The highest BCUT2D eigenvalue weighted by atomic mass is 19.1. The van der Waals surface area contributed by atoms with Crippen molar-refractivity contribution in [2.24, 2.45) is 0 Å². The van der Waals surface area contributed by atoms with Crippen molar-refractivity contribution in [1.82, 2.24) is 14.8 Å². The highest BCUT2D eigenvalue weighted by Crippen LogP contribution is 2.17. The van der Waals surface area contributed by atoms with Crippen molar-refractivity contribution in [2.45, 2.75) is 25.3 Å². The molecule has 1 aliphatic rings. The number of halogens is 1. The zero-order valence-electron chi connectivity index (χ0n) is 14.0. The molecule has 128 valence electrons. The average Bonchev–Trinajstić information content (AvgIpc) is 2.81. The van der Waals surface area contributed by atoms with Crippen molar-refractivity contribution < 1.29 is 9.18 Å². The van der Waals surface area contributed by atoms with Gasteiger partial charge in [-0.15, -0.1) is 0 Å². The van der Waals surface area contributed by atoms with E-state index in [2.05, 4.69) is 9.88 Å². The Labute approximate surface area is 140 Å². The van der Waals surface area contributed by atoms with Crippen LogP contribution >= 0.6 is 0 Å². The number of para-hydroxylation sites is 1. The van der Waals surface area contributed by atoms with E-state index in [0.29, 0.717) is 19.1 Å². The summed E-state index contributed by atoms with van der Waals surface area (Å²) in [7, 11) is 4.09. The van der Waals surface area contributed by atoms with Crippen LogP contribution in [0.25, 0.3) is 10.9 Å². The smallest absolute Gasteiger partial charge is 0.270 e. The molecular weight excluding hydrogens is 309 g/mol. The summed E-state index contributed by atoms with van der Waals surface area (Å²) in [4.78, 5) is 31.7. The number of carbonyl (C=O) groups is 1. The maximum Gasteiger partial charge on any atom is 0.270 e. The molecule has 0 bridgehead atoms. The van der Waals surface area contributed by atoms with Gasteiger partial charge in [-0.05, 0) is 45.5 Å². The number of H-pyrrole nitrogens is 1. The Kier molecular flexibility index (Phi) is 4.66. The molecule has 2 aromatic rings. The molecule has 1 fully saturated rings. The second-order valence-corrected chi connectivity index (χ2v) is 6.55. The zero-order chi connectivity index (χ0) is 17.3. The normalized spacial score (nSPS) is 18.8. The number of aromatic amines is 1. The summed E-state index contributed by atoms with van der Waals surface area (Å²) in [6.07, 6.45) is 2.85. The quantitative estimate of drug-likeness (QED) is 0.918. The average molecular weight is 331 g/mol. The number of carbonyl (C=O) groups excluding carboxylic acids is 1. The molecule has 3 rings (SSSR count). The lowest BCUT2D eigenvalue weighted by Gasteiger charge is -2.23. The lowest BCUT2D eigenvalue weighted by molar-refractivity contribution is 0.0753. The van der Waals surface area contributed by atoms with Crippen molar-refractivity contribution in [3.8, 4) is 0 Å². The molecular formula is C18H22FN3O2. The molecule has 2 heterocycles. The van der Waals surface area contributed by atoms with E-state index in [-0.39, 0.29) is 27.9 Å². The zero-order valence-corrected chi connectivity index (χ0v) is 14.0. The Balaban J connectivity index is 1.89. The van der Waals surface area contributed by atoms with Gasteiger partial charge < -0.3 is 14.8 Å². The van der Waals surface area contributed by atoms with Crippen molar-refractivity contribution in [3.63, 3.8) is 0 Å². The van der Waals surface area contributed by atoms with Gasteiger partial charge in [-0.2, -0.15) is 0 Å². The molecule has 1 saturated heterocycles. The van der Waals surface area contributed by atoms with Gasteiger partial charge in [-0.25, -0.2) is 4.39 Å². The number of nitrogens with zero attached hydrogens (tertiary/aromatic N) is 2. The molecule has 1 atom stereocenters. The van der Waals surface area contributed by atoms with E-state index in [4.69, 9.17) is 0 Å². The van der Waals surface area contributed by atoms with Crippen LogP contribution in [0.15, 0.2) is 29.1 Å². The third kappa shape index (κ3) is 3.19. The molecule has 1 aliphatic heterocycles. The topological polar surface area (TPSA) is 56.4 Å². The Morgan fingerprint density at radius 3 is 2.83 bits per heavy atom. The Bertz CT molecular complexity index is 816. The lowest BCUT2D eigenvalue weighted by Crippen LogP contribution is -2.34. The first-order valence-electron chi connectivity index (χ1n) is 8.24. The van der Waals surface area contributed by atoms with Crippen molar-refractivity contribution in [2.75, 3.05) is 27.2 Å². The summed E-state index contributed by atoms with van der Waals surface area (Å²) in [6.45, 7) is 1.29. The van der Waals surface area contributed by atoms with Crippen LogP contribution in [0.2, 0.25) is 0 Å². The summed E-state index contributed by atoms with van der Waals surface area (Å²) in [6, 6.07) is 6.05. The van der Waals surface area contributed by atoms with E-state index in [9.17, 15) is 14.0 Å². The van der Waals surface area contributed by atoms with E-state index < -0.39 is 5.82 Å². The number of hydrogen-bond acceptors (Lipinski definition) is 3. The molecule has 1 N–H and O–H groups in total. The number of nitrogens with one attached hydrogen (secondary N) is 1. The molecule has 6 heteroatoms. The van der Waals surface area contributed by atoms with Crippen LogP contribution in [0.5, 0.6) is 0 Å². The number of pyridine rings is 1. The van der Waals surface area contributed by atoms with Crippen LogP contribution in [0, 0.1) is 5.82 Å². The molecule has 0 radical (unpaired) electrons. The van der Waals surface area contributed by atoms with E-state index in [0.717, 1.165) is 19.3 Å². The maximum absolute atomic E-state index is 14.0. The summed E-state index contributed by atoms with van der Waals surface area (Å²) in [5.74, 6) is -0.764. The van der Waals surface area contributed by atoms with Crippen molar-refractivity contribution in [3.05, 3.63) is 46.0 Å². The third-order valence-electron chi connectivity index (χ3n) is 4.76. The van der Waals surface area contributed by atoms with Gasteiger partial charge in [0, 0.05) is 30.6 Å². The van der Waals surface area contributed by atoms with Gasteiger partial charge in [0.2, 0.25) is 0 Å². The van der Waals surface area contributed by atoms with Crippen LogP contribution in [-0.2, 0) is 0 Å². The standard InChI is InChI=1S/C18H22FN3O2/c1-21(2)12-5-4-9-22(10-8-12)18(24)15-11-16(23)13-6-3-7-14(19)17(13)20-15/h3,6-7,11-12H,4-5,8-10H2,1-2H3,(H,20,23). The minimum Gasteiger partial charge on any atom is -0.348 e. The number of fused-ring (bicyclic) bond motifs is 1. The van der Waals surface area contributed by atoms with Gasteiger partial charge in [0.25, 0.3) is 5.91 Å². The molecule has 1 unspecified atom stereocenters. The molecule has 1 aromatic heterocycles. The summed E-state index contributed by atoms with van der Waals surface area (Å²) in [5, 5.41) is 0.259. The molecule has 24 heavy (non-hydrogen) atoms. The van der Waals surface area contributed by atoms with Crippen LogP contribution in [0.4, 0.5) is 4.39 Å². The maximum atomic E-state index is 14.0. The molecule has 0 aliphatic carbocycles. The van der Waals surface area contributed by atoms with Crippen molar-refractivity contribution >= 4 is 16.8 Å². The molecule has 1 amide bonds. The minimum absolute atomic E-state index is 0.0920. The van der Waals surface area contributed by atoms with E-state index in [1.54, 1.807) is 11.0 Å². The van der Waals surface area contributed by atoms with Gasteiger partial charge >= 0.3 is 0 Å². The summed E-state index contributed by atoms with van der Waals surface area (Å²) >= 11 is 0. The van der Waals surface area contributed by atoms with Crippen molar-refractivity contribution in [1.29, 1.82) is 0 Å². The summed E-state index contributed by atoms with van der Waals surface area (Å²) in [5.41, 5.74) is -0.0946. The highest BCUT2D eigenvalue weighted by Gasteiger charge is 2.23. The first-order chi connectivity index (χ1) is 11.5. The molecule has 0 spiro atoms. The first kappa shape index (κ1) is 16.6. The number of amides is 1. The van der Waals surface area contributed by atoms with Gasteiger partial charge in [0.05, 0.1) is 5.52 Å². The van der Waals surface area contributed by atoms with Gasteiger partial charge in [0.1, 0.15) is 11.5 Å². The largest absolute Gasteiger partial charge is 0.348 e. The number of rotatable bonds is 2. The SMILES string of the molecule is CN(C)C1CCCN(C(=O)c2cc(=O)c3cccc(F)c3[nH]2)CC1. The van der Waals surface area contributed by atoms with Gasteiger partial charge in [-0.3, -0.25) is 9.59 Å². The van der Waals surface area contributed by atoms with E-state index >= 15 is 0 Å². The van der Waals surface area contributed by atoms with Gasteiger partial charge in [0.15, 0.2) is 5.43 Å². The highest BCUT2D eigenvalue weighted by molar-refractivity contribution is 5.95. The van der Waals surface area contributed by atoms with Crippen LogP contribution < -0.4 is 5.43 Å². The van der Waals surface area contributed by atoms with E-state index in [1.807, 2.05) is 14.1 Å². The fourth-order valence-electron chi connectivity index (χ4n) is 3.32. The Hall–Kier alpha value is -2.21. The second kappa shape index (κ2) is 6.73. The number of benzene rings is 1. The summed E-state index contributed by atoms with van der Waals surface area (Å²) < 4.78 is 14.0. The predicted molar refractivity (Wildman–Crippen MR) is 91.8 cm³/mol. The predicted octanol–water partition coefficient (Wildman–Crippen LogP) is 2.22. The molecule has 1 aromatic carbocycles. The van der Waals surface area contributed by atoms with Crippen LogP contribution in [-0.4, -0.2) is 53.9 Å². The van der Waals surface area contributed by atoms with Crippen LogP contribution in [0.3, 0.4) is 0 Å². The van der Waals surface area contributed by atoms with E-state index in [1.165, 1.54) is 18.2 Å². The monoisotopic (exact) mass is 331 g/mol. The minimum atomic E-state index is -0.525. The Morgan fingerprint density at radius 1 is 1.29 bits per heavy atom. The second-order valence-electron chi connectivity index (χ2n) is 6.55.